The van der Waals surface area contributed by atoms with Crippen LogP contribution in [-0.2, 0) is 0 Å². The van der Waals surface area contributed by atoms with E-state index in [4.69, 9.17) is 0 Å². The Labute approximate surface area is 112 Å². The van der Waals surface area contributed by atoms with Crippen LogP contribution in [0.3, 0.4) is 0 Å². The van der Waals surface area contributed by atoms with Gasteiger partial charge in [-0.15, -0.1) is 0 Å². The van der Waals surface area contributed by atoms with E-state index < -0.39 is 0 Å². The first-order valence-electron chi connectivity index (χ1n) is 6.48. The normalized spacial score (nSPS) is 12.5. The van der Waals surface area contributed by atoms with Gasteiger partial charge in [-0.05, 0) is 34.0 Å². The standard InChI is InChI=1S/C18H15F/c1-13(14-8-10-18(19)11-9-14)16-7-6-15-4-2-3-5-17(15)12-16/h2-13H,1H3. The molecule has 0 radical (unpaired) electrons. The summed E-state index contributed by atoms with van der Waals surface area (Å²) < 4.78 is 13.0. The molecule has 0 saturated carbocycles. The van der Waals surface area contributed by atoms with Gasteiger partial charge in [-0.1, -0.05) is 61.5 Å². The van der Waals surface area contributed by atoms with Gasteiger partial charge in [-0.3, -0.25) is 0 Å². The second-order valence-corrected chi connectivity index (χ2v) is 4.88. The van der Waals surface area contributed by atoms with Crippen LogP contribution in [0.5, 0.6) is 0 Å². The van der Waals surface area contributed by atoms with Gasteiger partial charge in [0.25, 0.3) is 0 Å². The van der Waals surface area contributed by atoms with Crippen molar-refractivity contribution in [3.8, 4) is 0 Å². The molecule has 0 N–H and O–H groups in total. The van der Waals surface area contributed by atoms with Crippen LogP contribution in [0.4, 0.5) is 4.39 Å². The van der Waals surface area contributed by atoms with Gasteiger partial charge < -0.3 is 0 Å². The molecular weight excluding hydrogens is 235 g/mol. The van der Waals surface area contributed by atoms with Crippen LogP contribution in [0.1, 0.15) is 24.0 Å². The van der Waals surface area contributed by atoms with Gasteiger partial charge in [-0.2, -0.15) is 0 Å². The lowest BCUT2D eigenvalue weighted by Gasteiger charge is -2.13. The molecule has 0 aromatic heterocycles. The SMILES string of the molecule is CC(c1ccc(F)cc1)c1ccc2ccccc2c1. The molecule has 0 nitrogen and oxygen atoms in total. The van der Waals surface area contributed by atoms with E-state index >= 15 is 0 Å². The average Bonchev–Trinajstić information content (AvgIpc) is 2.47. The summed E-state index contributed by atoms with van der Waals surface area (Å²) in [6.07, 6.45) is 0. The number of hydrogen-bond acceptors (Lipinski definition) is 0. The molecule has 0 aliphatic carbocycles. The van der Waals surface area contributed by atoms with Crippen LogP contribution in [0.2, 0.25) is 0 Å². The Hall–Kier alpha value is -2.15. The van der Waals surface area contributed by atoms with E-state index in [1.807, 2.05) is 18.2 Å². The molecule has 0 fully saturated rings. The molecule has 0 aliphatic rings. The molecular formula is C18H15F. The lowest BCUT2D eigenvalue weighted by Crippen LogP contribution is -1.96. The van der Waals surface area contributed by atoms with E-state index in [1.54, 1.807) is 0 Å². The molecule has 0 amide bonds. The minimum absolute atomic E-state index is 0.186. The third kappa shape index (κ3) is 2.37. The predicted octanol–water partition coefficient (Wildman–Crippen LogP) is 5.13. The minimum atomic E-state index is -0.186. The highest BCUT2D eigenvalue weighted by Gasteiger charge is 2.08. The fourth-order valence-electron chi connectivity index (χ4n) is 2.42. The van der Waals surface area contributed by atoms with Crippen molar-refractivity contribution in [1.29, 1.82) is 0 Å². The van der Waals surface area contributed by atoms with Crippen LogP contribution in [-0.4, -0.2) is 0 Å². The maximum absolute atomic E-state index is 13.0. The quantitative estimate of drug-likeness (QED) is 0.591. The van der Waals surface area contributed by atoms with Gasteiger partial charge in [0.05, 0.1) is 0 Å². The Bertz CT molecular complexity index is 698. The second-order valence-electron chi connectivity index (χ2n) is 4.88. The average molecular weight is 250 g/mol. The van der Waals surface area contributed by atoms with Crippen molar-refractivity contribution >= 4 is 10.8 Å². The fourth-order valence-corrected chi connectivity index (χ4v) is 2.42. The second kappa shape index (κ2) is 4.85. The molecule has 19 heavy (non-hydrogen) atoms. The number of rotatable bonds is 2. The van der Waals surface area contributed by atoms with Gasteiger partial charge >= 0.3 is 0 Å². The summed E-state index contributed by atoms with van der Waals surface area (Å²) in [5, 5.41) is 2.49. The van der Waals surface area contributed by atoms with Crippen molar-refractivity contribution in [3.63, 3.8) is 0 Å². The van der Waals surface area contributed by atoms with E-state index in [-0.39, 0.29) is 11.7 Å². The van der Waals surface area contributed by atoms with Crippen molar-refractivity contribution in [2.75, 3.05) is 0 Å². The third-order valence-electron chi connectivity index (χ3n) is 3.64. The van der Waals surface area contributed by atoms with Crippen molar-refractivity contribution in [2.24, 2.45) is 0 Å². The van der Waals surface area contributed by atoms with E-state index in [2.05, 4.69) is 43.3 Å². The van der Waals surface area contributed by atoms with E-state index in [0.29, 0.717) is 0 Å². The first kappa shape index (κ1) is 11.9. The van der Waals surface area contributed by atoms with Crippen molar-refractivity contribution in [2.45, 2.75) is 12.8 Å². The highest BCUT2D eigenvalue weighted by molar-refractivity contribution is 5.83. The first-order chi connectivity index (χ1) is 9.24. The predicted molar refractivity (Wildman–Crippen MR) is 77.9 cm³/mol. The van der Waals surface area contributed by atoms with Crippen molar-refractivity contribution < 1.29 is 4.39 Å². The van der Waals surface area contributed by atoms with E-state index in [1.165, 1.54) is 28.5 Å². The third-order valence-corrected chi connectivity index (χ3v) is 3.64. The summed E-state index contributed by atoms with van der Waals surface area (Å²) in [6, 6.07) is 21.6. The summed E-state index contributed by atoms with van der Waals surface area (Å²) in [5.41, 5.74) is 2.39. The monoisotopic (exact) mass is 250 g/mol. The number of fused-ring (bicyclic) bond motifs is 1. The Morgan fingerprint density at radius 2 is 1.37 bits per heavy atom. The van der Waals surface area contributed by atoms with E-state index in [0.717, 1.165) is 5.56 Å². The van der Waals surface area contributed by atoms with Crippen LogP contribution in [0.25, 0.3) is 10.8 Å². The lowest BCUT2D eigenvalue weighted by atomic mass is 9.91. The zero-order chi connectivity index (χ0) is 13.2. The van der Waals surface area contributed by atoms with Crippen molar-refractivity contribution in [1.82, 2.24) is 0 Å². The topological polar surface area (TPSA) is 0 Å². The summed E-state index contributed by atoms with van der Waals surface area (Å²) in [6.45, 7) is 2.15. The molecule has 1 heteroatoms. The molecule has 3 aromatic rings. The molecule has 3 rings (SSSR count). The molecule has 0 saturated heterocycles. The number of halogens is 1. The van der Waals surface area contributed by atoms with Crippen LogP contribution in [0.15, 0.2) is 66.7 Å². The summed E-state index contributed by atoms with van der Waals surface area (Å²) >= 11 is 0. The fraction of sp³-hybridized carbons (Fsp3) is 0.111. The van der Waals surface area contributed by atoms with Crippen molar-refractivity contribution in [3.05, 3.63) is 83.7 Å². The number of benzene rings is 3. The molecule has 0 spiro atoms. The smallest absolute Gasteiger partial charge is 0.123 e. The van der Waals surface area contributed by atoms with Gasteiger partial charge in [0.15, 0.2) is 0 Å². The maximum atomic E-state index is 13.0. The molecule has 94 valence electrons. The molecule has 1 atom stereocenters. The molecule has 0 bridgehead atoms. The first-order valence-corrected chi connectivity index (χ1v) is 6.48. The number of hydrogen-bond donors (Lipinski definition) is 0. The summed E-state index contributed by atoms with van der Waals surface area (Å²) in [5.74, 6) is 0.0830. The van der Waals surface area contributed by atoms with Crippen LogP contribution < -0.4 is 0 Å². The highest BCUT2D eigenvalue weighted by atomic mass is 19.1. The Morgan fingerprint density at radius 1 is 0.737 bits per heavy atom. The van der Waals surface area contributed by atoms with Crippen LogP contribution in [0, 0.1) is 5.82 Å². The lowest BCUT2D eigenvalue weighted by molar-refractivity contribution is 0.626. The summed E-state index contributed by atoms with van der Waals surface area (Å²) in [4.78, 5) is 0. The molecule has 0 aliphatic heterocycles. The van der Waals surface area contributed by atoms with Gasteiger partial charge in [0.2, 0.25) is 0 Å². The van der Waals surface area contributed by atoms with E-state index in [9.17, 15) is 4.39 Å². The van der Waals surface area contributed by atoms with Crippen LogP contribution >= 0.6 is 0 Å². The zero-order valence-electron chi connectivity index (χ0n) is 10.8. The van der Waals surface area contributed by atoms with Gasteiger partial charge in [-0.25, -0.2) is 4.39 Å². The zero-order valence-corrected chi connectivity index (χ0v) is 10.8. The summed E-state index contributed by atoms with van der Waals surface area (Å²) in [7, 11) is 0. The Kier molecular flexibility index (Phi) is 3.04. The maximum Gasteiger partial charge on any atom is 0.123 e. The molecule has 3 aromatic carbocycles. The molecule has 0 heterocycles. The highest BCUT2D eigenvalue weighted by Crippen LogP contribution is 2.27. The molecule has 1 unspecified atom stereocenters. The largest absolute Gasteiger partial charge is 0.207 e. The van der Waals surface area contributed by atoms with Gasteiger partial charge in [0.1, 0.15) is 5.82 Å². The Balaban J connectivity index is 2.01. The Morgan fingerprint density at radius 3 is 2.11 bits per heavy atom. The van der Waals surface area contributed by atoms with Gasteiger partial charge in [0, 0.05) is 5.92 Å². The minimum Gasteiger partial charge on any atom is -0.207 e.